The summed E-state index contributed by atoms with van der Waals surface area (Å²) in [6, 6.07) is 10.6. The number of aromatic amines is 1. The molecule has 8 nitrogen and oxygen atoms in total. The highest BCUT2D eigenvalue weighted by Crippen LogP contribution is 2.36. The lowest BCUT2D eigenvalue weighted by molar-refractivity contribution is 0.0892. The van der Waals surface area contributed by atoms with Crippen molar-refractivity contribution in [3.8, 4) is 22.8 Å². The van der Waals surface area contributed by atoms with Crippen molar-refractivity contribution in [3.63, 3.8) is 0 Å². The monoisotopic (exact) mass is 515 g/mol. The van der Waals surface area contributed by atoms with Gasteiger partial charge in [-0.25, -0.2) is 9.97 Å². The Morgan fingerprint density at radius 3 is 2.65 bits per heavy atom. The van der Waals surface area contributed by atoms with Crippen LogP contribution in [0.1, 0.15) is 32.5 Å². The molecule has 0 saturated carbocycles. The summed E-state index contributed by atoms with van der Waals surface area (Å²) in [5.41, 5.74) is 4.77. The van der Waals surface area contributed by atoms with Crippen LogP contribution in [0.4, 0.5) is 0 Å². The summed E-state index contributed by atoms with van der Waals surface area (Å²) in [6.07, 6.45) is 8.04. The van der Waals surface area contributed by atoms with Crippen molar-refractivity contribution in [2.75, 3.05) is 7.05 Å². The van der Waals surface area contributed by atoms with Crippen LogP contribution in [-0.2, 0) is 6.54 Å². The molecule has 2 atom stereocenters. The number of rotatable bonds is 5. The third-order valence-electron chi connectivity index (χ3n) is 7.53. The van der Waals surface area contributed by atoms with Crippen LogP contribution in [-0.4, -0.2) is 53.7 Å². The molecule has 1 fully saturated rings. The molecule has 3 aromatic heterocycles. The van der Waals surface area contributed by atoms with Crippen molar-refractivity contribution in [2.24, 2.45) is 5.92 Å². The van der Waals surface area contributed by atoms with Crippen molar-refractivity contribution in [1.82, 2.24) is 34.6 Å². The first-order valence-corrected chi connectivity index (χ1v) is 13.1. The molecule has 1 aliphatic heterocycles. The largest absolute Gasteiger partial charge is 0.456 e. The van der Waals surface area contributed by atoms with Crippen molar-refractivity contribution >= 4 is 33.7 Å². The van der Waals surface area contributed by atoms with Crippen LogP contribution in [0.15, 0.2) is 48.9 Å². The Balaban J connectivity index is 1.24. The number of nitrogens with zero attached hydrogens (tertiary/aromatic N) is 6. The van der Waals surface area contributed by atoms with E-state index in [1.807, 2.05) is 48.1 Å². The number of aryl methyl sites for hydroxylation is 1. The van der Waals surface area contributed by atoms with Gasteiger partial charge in [0.2, 0.25) is 0 Å². The average molecular weight is 516 g/mol. The molecule has 6 rings (SSSR count). The number of piperidine rings is 1. The lowest BCUT2D eigenvalue weighted by Crippen LogP contribution is -2.44. The molecule has 1 saturated heterocycles. The van der Waals surface area contributed by atoms with Crippen LogP contribution in [0.2, 0.25) is 5.02 Å². The van der Waals surface area contributed by atoms with Gasteiger partial charge in [0.1, 0.15) is 27.9 Å². The van der Waals surface area contributed by atoms with E-state index in [0.29, 0.717) is 45.6 Å². The minimum atomic E-state index is 0.425. The van der Waals surface area contributed by atoms with Crippen LogP contribution in [0.25, 0.3) is 33.3 Å². The summed E-state index contributed by atoms with van der Waals surface area (Å²) >= 11 is 6.77. The lowest BCUT2D eigenvalue weighted by Gasteiger charge is -2.40. The summed E-state index contributed by atoms with van der Waals surface area (Å²) in [5, 5.41) is 5.05. The van der Waals surface area contributed by atoms with Crippen molar-refractivity contribution in [2.45, 2.75) is 52.2 Å². The number of fused-ring (bicyclic) bond motifs is 2. The van der Waals surface area contributed by atoms with E-state index < -0.39 is 0 Å². The molecule has 1 aliphatic rings. The second kappa shape index (κ2) is 9.43. The van der Waals surface area contributed by atoms with Crippen LogP contribution in [0, 0.1) is 12.8 Å². The summed E-state index contributed by atoms with van der Waals surface area (Å²) in [5.74, 6) is 2.66. The molecule has 37 heavy (non-hydrogen) atoms. The predicted octanol–water partition coefficient (Wildman–Crippen LogP) is 6.24. The number of hydrogen-bond acceptors (Lipinski definition) is 6. The summed E-state index contributed by atoms with van der Waals surface area (Å²) in [6.45, 7) is 7.44. The molecular weight excluding hydrogens is 486 g/mol. The Morgan fingerprint density at radius 2 is 1.84 bits per heavy atom. The smallest absolute Gasteiger partial charge is 0.148 e. The zero-order chi connectivity index (χ0) is 25.7. The molecule has 2 unspecified atom stereocenters. The minimum absolute atomic E-state index is 0.425. The van der Waals surface area contributed by atoms with Gasteiger partial charge in [-0.3, -0.25) is 9.67 Å². The molecule has 0 bridgehead atoms. The number of nitrogens with one attached hydrogen (secondary N) is 1. The van der Waals surface area contributed by atoms with Crippen molar-refractivity contribution < 1.29 is 4.74 Å². The summed E-state index contributed by atoms with van der Waals surface area (Å²) < 4.78 is 8.16. The molecule has 5 aromatic rings. The molecule has 0 amide bonds. The maximum atomic E-state index is 6.77. The topological polar surface area (TPSA) is 84.8 Å². The van der Waals surface area contributed by atoms with E-state index in [9.17, 15) is 0 Å². The van der Waals surface area contributed by atoms with Crippen LogP contribution in [0.3, 0.4) is 0 Å². The van der Waals surface area contributed by atoms with Crippen LogP contribution < -0.4 is 4.74 Å². The van der Waals surface area contributed by atoms with Gasteiger partial charge in [-0.2, -0.15) is 5.10 Å². The van der Waals surface area contributed by atoms with E-state index in [4.69, 9.17) is 21.3 Å². The molecule has 9 heteroatoms. The van der Waals surface area contributed by atoms with Gasteiger partial charge in [-0.15, -0.1) is 0 Å². The van der Waals surface area contributed by atoms with E-state index >= 15 is 0 Å². The molecular formula is C28H30ClN7O. The van der Waals surface area contributed by atoms with Gasteiger partial charge >= 0.3 is 0 Å². The average Bonchev–Trinajstić information content (AvgIpc) is 3.49. The second-order valence-corrected chi connectivity index (χ2v) is 10.6. The quantitative estimate of drug-likeness (QED) is 0.298. The number of aromatic nitrogens is 6. The fraction of sp³-hybridized carbons (Fsp3) is 0.357. The molecule has 4 heterocycles. The number of likely N-dealkylation sites (tertiary alicyclic amines) is 1. The number of ether oxygens (including phenoxy) is 1. The van der Waals surface area contributed by atoms with Crippen LogP contribution >= 0.6 is 11.6 Å². The predicted molar refractivity (Wildman–Crippen MR) is 146 cm³/mol. The van der Waals surface area contributed by atoms with Gasteiger partial charge < -0.3 is 14.6 Å². The molecule has 1 N–H and O–H groups in total. The van der Waals surface area contributed by atoms with E-state index in [-0.39, 0.29) is 0 Å². The van der Waals surface area contributed by atoms with E-state index in [1.165, 1.54) is 12.8 Å². The first-order valence-electron chi connectivity index (χ1n) is 12.7. The third kappa shape index (κ3) is 4.67. The molecule has 0 aliphatic carbocycles. The van der Waals surface area contributed by atoms with E-state index in [0.717, 1.165) is 34.7 Å². The normalized spacial score (nSPS) is 20.6. The maximum Gasteiger partial charge on any atom is 0.148 e. The van der Waals surface area contributed by atoms with Crippen molar-refractivity contribution in [1.29, 1.82) is 0 Å². The summed E-state index contributed by atoms with van der Waals surface area (Å²) in [7, 11) is 2.22. The van der Waals surface area contributed by atoms with Gasteiger partial charge in [0.25, 0.3) is 0 Å². The Hall–Kier alpha value is -3.49. The molecule has 0 radical (unpaired) electrons. The van der Waals surface area contributed by atoms with Crippen molar-refractivity contribution in [3.05, 3.63) is 59.8 Å². The standard InChI is InChI=1S/C28H30ClN7O/c1-16-9-19(10-17(2)35(16)4)14-36-15-20(12-31-36)25-13-30-23-7-8-26(27(29)28(23)34-25)37-21-5-6-22-24(11-21)33-18(3)32-22/h5-8,11-13,15-17,19H,9-10,14H2,1-4H3,(H,32,33). The van der Waals surface area contributed by atoms with E-state index in [1.54, 1.807) is 6.20 Å². The van der Waals surface area contributed by atoms with Gasteiger partial charge in [0.15, 0.2) is 0 Å². The number of imidazole rings is 1. The fourth-order valence-corrected chi connectivity index (χ4v) is 5.63. The maximum absolute atomic E-state index is 6.77. The Labute approximate surface area is 220 Å². The highest BCUT2D eigenvalue weighted by atomic mass is 35.5. The Kier molecular flexibility index (Phi) is 6.09. The minimum Gasteiger partial charge on any atom is -0.456 e. The lowest BCUT2D eigenvalue weighted by atomic mass is 9.87. The number of benzene rings is 2. The summed E-state index contributed by atoms with van der Waals surface area (Å²) in [4.78, 5) is 19.6. The Bertz CT molecular complexity index is 1580. The number of halogens is 1. The number of H-pyrrole nitrogens is 1. The van der Waals surface area contributed by atoms with Gasteiger partial charge in [-0.1, -0.05) is 11.6 Å². The third-order valence-corrected chi connectivity index (χ3v) is 7.90. The second-order valence-electron chi connectivity index (χ2n) is 10.3. The first kappa shape index (κ1) is 23.9. The fourth-order valence-electron chi connectivity index (χ4n) is 5.39. The zero-order valence-electron chi connectivity index (χ0n) is 21.4. The molecule has 190 valence electrons. The first-order chi connectivity index (χ1) is 17.8. The SMILES string of the molecule is Cc1nc2ccc(Oc3ccc4ncc(-c5cnn(CC6CC(C)N(C)C(C)C6)c5)nc4c3Cl)cc2[nH]1. The highest BCUT2D eigenvalue weighted by Gasteiger charge is 2.28. The van der Waals surface area contributed by atoms with Gasteiger partial charge in [-0.05, 0) is 70.8 Å². The number of hydrogen-bond donors (Lipinski definition) is 1. The zero-order valence-corrected chi connectivity index (χ0v) is 22.2. The van der Waals surface area contributed by atoms with Crippen LogP contribution in [0.5, 0.6) is 11.5 Å². The van der Waals surface area contributed by atoms with Gasteiger partial charge in [0, 0.05) is 36.5 Å². The molecule has 2 aromatic carbocycles. The highest BCUT2D eigenvalue weighted by molar-refractivity contribution is 6.36. The Morgan fingerprint density at radius 1 is 1.05 bits per heavy atom. The van der Waals surface area contributed by atoms with Gasteiger partial charge in [0.05, 0.1) is 34.6 Å². The van der Waals surface area contributed by atoms with E-state index in [2.05, 4.69) is 52.0 Å². The molecule has 0 spiro atoms.